The number of allylic oxidation sites excluding steroid dienone is 1. The lowest BCUT2D eigenvalue weighted by Crippen LogP contribution is -2.42. The molecule has 2 aliphatic rings. The van der Waals surface area contributed by atoms with Gasteiger partial charge < -0.3 is 5.73 Å². The largest absolute Gasteiger partial charge is 0.327 e. The Balaban J connectivity index is 1.57. The fraction of sp³-hybridized carbons (Fsp3) is 0.704. The third-order valence-electron chi connectivity index (χ3n) is 7.34. The summed E-state index contributed by atoms with van der Waals surface area (Å²) in [7, 11) is 0. The molecule has 2 bridgehead atoms. The Hall–Kier alpha value is -1.15. The number of benzene rings is 1. The first-order valence-electron chi connectivity index (χ1n) is 12.3. The van der Waals surface area contributed by atoms with E-state index in [1.165, 1.54) is 75.3 Å². The van der Waals surface area contributed by atoms with Crippen LogP contribution in [0.15, 0.2) is 24.3 Å². The minimum Gasteiger partial charge on any atom is -0.327 e. The van der Waals surface area contributed by atoms with E-state index in [1.807, 2.05) is 0 Å². The van der Waals surface area contributed by atoms with Crippen molar-refractivity contribution in [2.45, 2.75) is 115 Å². The van der Waals surface area contributed by atoms with Crippen LogP contribution in [0.2, 0.25) is 0 Å². The molecule has 0 aliphatic heterocycles. The third kappa shape index (κ3) is 6.17. The van der Waals surface area contributed by atoms with Crippen LogP contribution in [0.25, 0.3) is 0 Å². The average molecular weight is 400 g/mol. The van der Waals surface area contributed by atoms with Gasteiger partial charge in [-0.15, -0.1) is 0 Å². The van der Waals surface area contributed by atoms with Crippen LogP contribution in [-0.2, 0) is 12.8 Å². The van der Waals surface area contributed by atoms with Gasteiger partial charge in [0.25, 0.3) is 0 Å². The SMILES string of the molecule is C=C(CCCCCCCCC)Cc1cc(F)c2c(c1)[C@H]1CCCCC[C@@H](C2)[C@@H]1N. The van der Waals surface area contributed by atoms with E-state index in [0.717, 1.165) is 43.2 Å². The first kappa shape index (κ1) is 22.5. The summed E-state index contributed by atoms with van der Waals surface area (Å²) in [5.41, 5.74) is 11.2. The molecule has 3 rings (SSSR count). The number of halogens is 1. The number of hydrogen-bond donors (Lipinski definition) is 1. The van der Waals surface area contributed by atoms with E-state index in [4.69, 9.17) is 5.73 Å². The summed E-state index contributed by atoms with van der Waals surface area (Å²) in [4.78, 5) is 0. The third-order valence-corrected chi connectivity index (χ3v) is 7.34. The second-order valence-electron chi connectivity index (χ2n) is 9.73. The minimum atomic E-state index is 0.00342. The van der Waals surface area contributed by atoms with Gasteiger partial charge in [0.15, 0.2) is 0 Å². The van der Waals surface area contributed by atoms with Crippen molar-refractivity contribution in [3.05, 3.63) is 46.8 Å². The highest BCUT2D eigenvalue weighted by Crippen LogP contribution is 2.42. The molecule has 0 amide bonds. The quantitative estimate of drug-likeness (QED) is 0.318. The van der Waals surface area contributed by atoms with Crippen molar-refractivity contribution in [3.8, 4) is 0 Å². The molecule has 1 saturated carbocycles. The number of hydrogen-bond acceptors (Lipinski definition) is 1. The Morgan fingerprint density at radius 3 is 2.55 bits per heavy atom. The first-order chi connectivity index (χ1) is 14.1. The van der Waals surface area contributed by atoms with Gasteiger partial charge in [-0.3, -0.25) is 0 Å². The lowest BCUT2D eigenvalue weighted by Gasteiger charge is -2.39. The van der Waals surface area contributed by atoms with Gasteiger partial charge in [0.2, 0.25) is 0 Å². The van der Waals surface area contributed by atoms with E-state index in [2.05, 4.69) is 19.6 Å². The molecular weight excluding hydrogens is 357 g/mol. The maximum absolute atomic E-state index is 15.0. The van der Waals surface area contributed by atoms with Crippen molar-refractivity contribution >= 4 is 0 Å². The molecule has 0 spiro atoms. The summed E-state index contributed by atoms with van der Waals surface area (Å²) in [6.07, 6.45) is 18.0. The lowest BCUT2D eigenvalue weighted by atomic mass is 9.68. The van der Waals surface area contributed by atoms with Crippen molar-refractivity contribution in [2.75, 3.05) is 0 Å². The van der Waals surface area contributed by atoms with Crippen LogP contribution in [-0.4, -0.2) is 6.04 Å². The van der Waals surface area contributed by atoms with Crippen LogP contribution in [0, 0.1) is 11.7 Å². The standard InChI is InChI=1S/C27H42FN/c1-3-4-5-6-7-8-10-13-20(2)16-21-17-24-23-15-12-9-11-14-22(27(23)29)19-25(24)26(28)18-21/h17-18,22-23,27H,2-16,19,29H2,1H3/t22-,23+,27-/m0/s1. The Bertz CT molecular complexity index is 665. The summed E-state index contributed by atoms with van der Waals surface area (Å²) < 4.78 is 15.0. The van der Waals surface area contributed by atoms with Gasteiger partial charge in [0.1, 0.15) is 5.82 Å². The molecule has 1 aromatic carbocycles. The molecule has 2 heteroatoms. The second-order valence-corrected chi connectivity index (χ2v) is 9.73. The normalized spacial score (nSPS) is 23.9. The van der Waals surface area contributed by atoms with E-state index in [0.29, 0.717) is 11.8 Å². The molecule has 1 aromatic rings. The molecular formula is C27H42FN. The predicted octanol–water partition coefficient (Wildman–Crippen LogP) is 7.61. The smallest absolute Gasteiger partial charge is 0.126 e. The molecule has 0 saturated heterocycles. The fourth-order valence-corrected chi connectivity index (χ4v) is 5.60. The van der Waals surface area contributed by atoms with Gasteiger partial charge >= 0.3 is 0 Å². The Labute approximate surface area is 178 Å². The maximum Gasteiger partial charge on any atom is 0.126 e. The Morgan fingerprint density at radius 2 is 1.76 bits per heavy atom. The molecule has 0 unspecified atom stereocenters. The summed E-state index contributed by atoms with van der Waals surface area (Å²) >= 11 is 0. The molecule has 3 atom stereocenters. The molecule has 29 heavy (non-hydrogen) atoms. The zero-order valence-electron chi connectivity index (χ0n) is 18.7. The fourth-order valence-electron chi connectivity index (χ4n) is 5.60. The van der Waals surface area contributed by atoms with Gasteiger partial charge in [-0.05, 0) is 73.1 Å². The predicted molar refractivity (Wildman–Crippen MR) is 123 cm³/mol. The second kappa shape index (κ2) is 11.3. The highest BCUT2D eigenvalue weighted by Gasteiger charge is 2.36. The van der Waals surface area contributed by atoms with Crippen molar-refractivity contribution in [2.24, 2.45) is 11.7 Å². The van der Waals surface area contributed by atoms with E-state index in [-0.39, 0.29) is 11.9 Å². The molecule has 0 aromatic heterocycles. The topological polar surface area (TPSA) is 26.0 Å². The van der Waals surface area contributed by atoms with E-state index in [1.54, 1.807) is 6.07 Å². The highest BCUT2D eigenvalue weighted by molar-refractivity contribution is 5.41. The summed E-state index contributed by atoms with van der Waals surface area (Å²) in [5.74, 6) is 0.805. The van der Waals surface area contributed by atoms with Gasteiger partial charge in [-0.25, -0.2) is 4.39 Å². The summed E-state index contributed by atoms with van der Waals surface area (Å²) in [5, 5.41) is 0. The van der Waals surface area contributed by atoms with Gasteiger partial charge in [-0.2, -0.15) is 0 Å². The van der Waals surface area contributed by atoms with Gasteiger partial charge in [0, 0.05) is 6.04 Å². The molecule has 2 N–H and O–H groups in total. The van der Waals surface area contributed by atoms with Crippen molar-refractivity contribution in [3.63, 3.8) is 0 Å². The van der Waals surface area contributed by atoms with Crippen LogP contribution in [0.5, 0.6) is 0 Å². The zero-order valence-corrected chi connectivity index (χ0v) is 18.7. The molecule has 1 fully saturated rings. The van der Waals surface area contributed by atoms with E-state index in [9.17, 15) is 0 Å². The first-order valence-corrected chi connectivity index (χ1v) is 12.3. The molecule has 0 radical (unpaired) electrons. The number of nitrogens with two attached hydrogens (primary N) is 1. The van der Waals surface area contributed by atoms with E-state index >= 15 is 4.39 Å². The summed E-state index contributed by atoms with van der Waals surface area (Å²) in [6, 6.07) is 4.26. The van der Waals surface area contributed by atoms with E-state index < -0.39 is 0 Å². The van der Waals surface area contributed by atoms with Crippen LogP contribution < -0.4 is 5.73 Å². The van der Waals surface area contributed by atoms with Gasteiger partial charge in [0.05, 0.1) is 0 Å². The van der Waals surface area contributed by atoms with Crippen LogP contribution in [0.3, 0.4) is 0 Å². The Kier molecular flexibility index (Phi) is 8.78. The molecule has 162 valence electrons. The van der Waals surface area contributed by atoms with Crippen LogP contribution in [0.1, 0.15) is 113 Å². The average Bonchev–Trinajstić information content (AvgIpc) is 2.69. The minimum absolute atomic E-state index is 0.00342. The molecule has 0 heterocycles. The van der Waals surface area contributed by atoms with Crippen molar-refractivity contribution in [1.82, 2.24) is 0 Å². The maximum atomic E-state index is 15.0. The number of fused-ring (bicyclic) bond motifs is 4. The van der Waals surface area contributed by atoms with Crippen molar-refractivity contribution in [1.29, 1.82) is 0 Å². The lowest BCUT2D eigenvalue weighted by molar-refractivity contribution is 0.274. The number of rotatable bonds is 10. The van der Waals surface area contributed by atoms with Crippen LogP contribution >= 0.6 is 0 Å². The zero-order chi connectivity index (χ0) is 20.6. The van der Waals surface area contributed by atoms with Crippen LogP contribution in [0.4, 0.5) is 4.39 Å². The Morgan fingerprint density at radius 1 is 1.03 bits per heavy atom. The molecule has 1 nitrogen and oxygen atoms in total. The molecule has 2 aliphatic carbocycles. The monoisotopic (exact) mass is 399 g/mol. The number of unbranched alkanes of at least 4 members (excludes halogenated alkanes) is 6. The van der Waals surface area contributed by atoms with Crippen molar-refractivity contribution < 1.29 is 4.39 Å². The highest BCUT2D eigenvalue weighted by atomic mass is 19.1. The van der Waals surface area contributed by atoms with Gasteiger partial charge in [-0.1, -0.05) is 82.9 Å². The summed E-state index contributed by atoms with van der Waals surface area (Å²) in [6.45, 7) is 6.56.